The lowest BCUT2D eigenvalue weighted by Crippen LogP contribution is -2.03. The smallest absolute Gasteiger partial charge is 0.0624 e. The zero-order valence-corrected chi connectivity index (χ0v) is 4.89. The van der Waals surface area contributed by atoms with E-state index in [9.17, 15) is 5.21 Å². The fourth-order valence-electron chi connectivity index (χ4n) is 1.05. The number of hydrogen-bond donors (Lipinski definition) is 0. The lowest BCUT2D eigenvalue weighted by Gasteiger charge is -2.08. The van der Waals surface area contributed by atoms with Gasteiger partial charge in [-0.25, -0.2) is 0 Å². The van der Waals surface area contributed by atoms with Crippen LogP contribution in [0.25, 0.3) is 0 Å². The van der Waals surface area contributed by atoms with Crippen LogP contribution in [-0.4, -0.2) is 5.71 Å². The minimum absolute atomic E-state index is 0.872. The van der Waals surface area contributed by atoms with Crippen LogP contribution in [0.2, 0.25) is 0 Å². The largest absolute Gasteiger partial charge is 0.145 e. The first-order valence-corrected chi connectivity index (χ1v) is 3.11. The first-order valence-electron chi connectivity index (χ1n) is 3.11. The highest BCUT2D eigenvalue weighted by molar-refractivity contribution is 5.84. The molecule has 1 radical (unpaired) electrons. The van der Waals surface area contributed by atoms with Crippen LogP contribution in [-0.2, 0) is 5.21 Å². The molecule has 1 aliphatic carbocycles. The van der Waals surface area contributed by atoms with Crippen molar-refractivity contribution >= 4 is 5.71 Å². The van der Waals surface area contributed by atoms with E-state index in [1.54, 1.807) is 0 Å². The first-order chi connectivity index (χ1) is 3.93. The number of nitrogens with zero attached hydrogens (tertiary/aromatic N) is 1. The molecule has 45 valence electrons. The Balaban J connectivity index is 2.33. The molecule has 0 saturated heterocycles. The fourth-order valence-corrected chi connectivity index (χ4v) is 1.05. The second kappa shape index (κ2) is 2.70. The molecule has 8 heavy (non-hydrogen) atoms. The predicted molar refractivity (Wildman–Crippen MR) is 31.2 cm³/mol. The van der Waals surface area contributed by atoms with E-state index in [2.05, 4.69) is 5.16 Å². The van der Waals surface area contributed by atoms with Crippen molar-refractivity contribution in [3.8, 4) is 0 Å². The zero-order valence-electron chi connectivity index (χ0n) is 4.89. The second-order valence-electron chi connectivity index (χ2n) is 2.22. The lowest BCUT2D eigenvalue weighted by atomic mass is 9.99. The van der Waals surface area contributed by atoms with Crippen molar-refractivity contribution in [3.63, 3.8) is 0 Å². The van der Waals surface area contributed by atoms with Gasteiger partial charge in [0, 0.05) is 0 Å². The topological polar surface area (TPSA) is 32.3 Å². The van der Waals surface area contributed by atoms with E-state index in [-0.39, 0.29) is 0 Å². The van der Waals surface area contributed by atoms with Gasteiger partial charge < -0.3 is 0 Å². The summed E-state index contributed by atoms with van der Waals surface area (Å²) in [5.74, 6) is 0. The molecule has 0 unspecified atom stereocenters. The lowest BCUT2D eigenvalue weighted by molar-refractivity contribution is 0.206. The quantitative estimate of drug-likeness (QED) is 0.427. The van der Waals surface area contributed by atoms with Gasteiger partial charge in [-0.15, -0.1) is 5.21 Å². The number of hydrogen-bond acceptors (Lipinski definition) is 1. The van der Waals surface area contributed by atoms with Gasteiger partial charge in [0.25, 0.3) is 0 Å². The predicted octanol–water partition coefficient (Wildman–Crippen LogP) is 1.74. The highest BCUT2D eigenvalue weighted by atomic mass is 16.4. The van der Waals surface area contributed by atoms with E-state index in [0.29, 0.717) is 0 Å². The molecule has 1 rings (SSSR count). The third-order valence-corrected chi connectivity index (χ3v) is 1.56. The molecule has 1 fully saturated rings. The zero-order chi connectivity index (χ0) is 5.82. The minimum atomic E-state index is 0.872. The molecule has 0 amide bonds. The third kappa shape index (κ3) is 1.22. The Morgan fingerprint density at radius 2 is 1.75 bits per heavy atom. The average Bonchev–Trinajstić information content (AvgIpc) is 1.90. The monoisotopic (exact) mass is 112 g/mol. The average molecular weight is 112 g/mol. The van der Waals surface area contributed by atoms with Gasteiger partial charge in [0.2, 0.25) is 0 Å². The van der Waals surface area contributed by atoms with Crippen LogP contribution in [0, 0.1) is 0 Å². The van der Waals surface area contributed by atoms with Crippen LogP contribution in [0.15, 0.2) is 5.16 Å². The van der Waals surface area contributed by atoms with E-state index in [1.165, 1.54) is 19.3 Å². The van der Waals surface area contributed by atoms with Crippen molar-refractivity contribution in [3.05, 3.63) is 0 Å². The van der Waals surface area contributed by atoms with Crippen molar-refractivity contribution in [1.29, 1.82) is 0 Å². The first kappa shape index (κ1) is 5.60. The molecule has 0 N–H and O–H groups in total. The molecule has 0 aromatic rings. The molecule has 0 aliphatic heterocycles. The molecular weight excluding hydrogens is 102 g/mol. The van der Waals surface area contributed by atoms with E-state index in [0.717, 1.165) is 18.6 Å². The van der Waals surface area contributed by atoms with Gasteiger partial charge >= 0.3 is 0 Å². The summed E-state index contributed by atoms with van der Waals surface area (Å²) in [4.78, 5) is 0. The van der Waals surface area contributed by atoms with Crippen LogP contribution >= 0.6 is 0 Å². The molecule has 0 heterocycles. The van der Waals surface area contributed by atoms with Crippen molar-refractivity contribution < 1.29 is 5.21 Å². The van der Waals surface area contributed by atoms with E-state index in [4.69, 9.17) is 0 Å². The van der Waals surface area contributed by atoms with Crippen molar-refractivity contribution in [1.82, 2.24) is 0 Å². The molecule has 0 atom stereocenters. The third-order valence-electron chi connectivity index (χ3n) is 1.56. The normalized spacial score (nSPS) is 20.8. The molecule has 1 aliphatic rings. The Bertz CT molecular complexity index is 90.7. The molecule has 2 heteroatoms. The van der Waals surface area contributed by atoms with Crippen molar-refractivity contribution in [2.45, 2.75) is 32.1 Å². The highest BCUT2D eigenvalue weighted by Gasteiger charge is 2.05. The molecule has 2 nitrogen and oxygen atoms in total. The van der Waals surface area contributed by atoms with Crippen LogP contribution < -0.4 is 0 Å². The molecule has 0 bridgehead atoms. The van der Waals surface area contributed by atoms with E-state index >= 15 is 0 Å². The Morgan fingerprint density at radius 3 is 2.12 bits per heavy atom. The molecule has 0 aromatic heterocycles. The Labute approximate surface area is 49.2 Å². The van der Waals surface area contributed by atoms with E-state index in [1.807, 2.05) is 0 Å². The summed E-state index contributed by atoms with van der Waals surface area (Å²) < 4.78 is 0. The van der Waals surface area contributed by atoms with Gasteiger partial charge in [0.15, 0.2) is 0 Å². The van der Waals surface area contributed by atoms with Gasteiger partial charge in [0.1, 0.15) is 0 Å². The van der Waals surface area contributed by atoms with Crippen molar-refractivity contribution in [2.24, 2.45) is 5.16 Å². The van der Waals surface area contributed by atoms with Gasteiger partial charge in [-0.05, 0) is 30.8 Å². The highest BCUT2D eigenvalue weighted by Crippen LogP contribution is 2.13. The fraction of sp³-hybridized carbons (Fsp3) is 0.833. The molecular formula is C6H10NO. The maximum atomic E-state index is 9.87. The maximum absolute atomic E-state index is 9.87. The minimum Gasteiger partial charge on any atom is -0.145 e. The second-order valence-corrected chi connectivity index (χ2v) is 2.22. The summed E-state index contributed by atoms with van der Waals surface area (Å²) in [6.45, 7) is 0. The molecule has 1 saturated carbocycles. The van der Waals surface area contributed by atoms with Gasteiger partial charge in [-0.2, -0.15) is 0 Å². The SMILES string of the molecule is [O]N=C1CCCCC1. The maximum Gasteiger partial charge on any atom is 0.0624 e. The summed E-state index contributed by atoms with van der Waals surface area (Å²) in [5.41, 5.74) is 0.872. The summed E-state index contributed by atoms with van der Waals surface area (Å²) in [6.07, 6.45) is 5.51. The van der Waals surface area contributed by atoms with Crippen LogP contribution in [0.3, 0.4) is 0 Å². The van der Waals surface area contributed by atoms with Crippen LogP contribution in [0.1, 0.15) is 32.1 Å². The van der Waals surface area contributed by atoms with Gasteiger partial charge in [0.05, 0.1) is 5.71 Å². The molecule has 0 spiro atoms. The molecule has 0 aromatic carbocycles. The van der Waals surface area contributed by atoms with Crippen LogP contribution in [0.5, 0.6) is 0 Å². The Hall–Kier alpha value is -0.530. The number of rotatable bonds is 0. The Morgan fingerprint density at radius 1 is 1.12 bits per heavy atom. The Kier molecular flexibility index (Phi) is 1.89. The van der Waals surface area contributed by atoms with Crippen molar-refractivity contribution in [2.75, 3.05) is 0 Å². The van der Waals surface area contributed by atoms with E-state index < -0.39 is 0 Å². The summed E-state index contributed by atoms with van der Waals surface area (Å²) >= 11 is 0. The summed E-state index contributed by atoms with van der Waals surface area (Å²) in [6, 6.07) is 0. The summed E-state index contributed by atoms with van der Waals surface area (Å²) in [7, 11) is 0. The van der Waals surface area contributed by atoms with Crippen LogP contribution in [0.4, 0.5) is 0 Å². The van der Waals surface area contributed by atoms with Gasteiger partial charge in [-0.1, -0.05) is 6.42 Å². The van der Waals surface area contributed by atoms with Gasteiger partial charge in [-0.3, -0.25) is 0 Å². The standard InChI is InChI=1S/C6H10NO/c8-7-6-4-2-1-3-5-6/h1-5H2. The summed E-state index contributed by atoms with van der Waals surface area (Å²) in [5, 5.41) is 12.8.